The van der Waals surface area contributed by atoms with Crippen molar-refractivity contribution in [2.24, 2.45) is 5.92 Å². The van der Waals surface area contributed by atoms with Crippen LogP contribution < -0.4 is 0 Å². The molecule has 0 aromatic heterocycles. The van der Waals surface area contributed by atoms with Crippen molar-refractivity contribution in [3.8, 4) is 5.40 Å². The van der Waals surface area contributed by atoms with Gasteiger partial charge in [0.1, 0.15) is 10.6 Å². The Labute approximate surface area is 122 Å². The number of nitriles is 1. The number of rotatable bonds is 7. The molecule has 2 unspecified atom stereocenters. The largest absolute Gasteiger partial charge is 0.396 e. The van der Waals surface area contributed by atoms with Gasteiger partial charge in [-0.3, -0.25) is 0 Å². The lowest BCUT2D eigenvalue weighted by Crippen LogP contribution is -2.65. The first-order valence-electron chi connectivity index (χ1n) is 6.76. The first kappa shape index (κ1) is 17.0. The minimum atomic E-state index is -2.33. The first-order chi connectivity index (χ1) is 9.09. The molecule has 1 rings (SSSR count). The molecular weight excluding hydrogens is 278 g/mol. The Morgan fingerprint density at radius 1 is 1.32 bits per heavy atom. The number of thiocyanates is 1. The van der Waals surface area contributed by atoms with Crippen molar-refractivity contribution in [1.82, 2.24) is 0 Å². The van der Waals surface area contributed by atoms with Crippen molar-refractivity contribution in [1.29, 1.82) is 5.26 Å². The van der Waals surface area contributed by atoms with E-state index in [2.05, 4.69) is 12.3 Å². The van der Waals surface area contributed by atoms with Gasteiger partial charge in [0.05, 0.1) is 0 Å². The Kier molecular flexibility index (Phi) is 6.84. The zero-order chi connectivity index (χ0) is 14.4. The van der Waals surface area contributed by atoms with Crippen molar-refractivity contribution in [2.75, 3.05) is 27.1 Å². The van der Waals surface area contributed by atoms with Crippen molar-refractivity contribution in [2.45, 2.75) is 43.9 Å². The molecule has 4 nitrogen and oxygen atoms in total. The molecule has 1 aliphatic rings. The molecule has 0 bridgehead atoms. The fourth-order valence-electron chi connectivity index (χ4n) is 3.25. The molecule has 0 amide bonds. The smallest absolute Gasteiger partial charge is 0.370 e. The van der Waals surface area contributed by atoms with Gasteiger partial charge in [0, 0.05) is 27.1 Å². The molecule has 0 saturated carbocycles. The van der Waals surface area contributed by atoms with E-state index in [0.29, 0.717) is 5.92 Å². The molecule has 1 aliphatic heterocycles. The Bertz CT molecular complexity index is 320. The Morgan fingerprint density at radius 2 is 2.00 bits per heavy atom. The second-order valence-corrected chi connectivity index (χ2v) is 9.82. The summed E-state index contributed by atoms with van der Waals surface area (Å²) in [6.45, 7) is 2.17. The summed E-state index contributed by atoms with van der Waals surface area (Å²) in [6, 6.07) is 0.992. The molecule has 1 fully saturated rings. The minimum absolute atomic E-state index is 0.274. The normalized spacial score (nSPS) is 27.7. The minimum Gasteiger partial charge on any atom is -0.396 e. The Balaban J connectivity index is 2.88. The third-order valence-corrected chi connectivity index (χ3v) is 9.43. The zero-order valence-electron chi connectivity index (χ0n) is 12.4. The van der Waals surface area contributed by atoms with Crippen LogP contribution in [-0.2, 0) is 13.6 Å². The van der Waals surface area contributed by atoms with Gasteiger partial charge in [-0.15, -0.1) is 0 Å². The molecule has 0 radical (unpaired) electrons. The summed E-state index contributed by atoms with van der Waals surface area (Å²) in [6.07, 6.45) is 4.22. The van der Waals surface area contributed by atoms with Crippen LogP contribution in [0, 0.1) is 16.6 Å². The molecule has 0 aromatic rings. The average Bonchev–Trinajstić information content (AvgIpc) is 2.45. The quantitative estimate of drug-likeness (QED) is 0.534. The predicted molar refractivity (Wildman–Crippen MR) is 80.0 cm³/mol. The lowest BCUT2D eigenvalue weighted by atomic mass is 10.00. The van der Waals surface area contributed by atoms with E-state index in [9.17, 15) is 0 Å². The van der Waals surface area contributed by atoms with E-state index in [1.165, 1.54) is 11.8 Å². The number of hydrogen-bond donors (Lipinski definition) is 0. The van der Waals surface area contributed by atoms with Gasteiger partial charge in [0.15, 0.2) is 0 Å². The molecule has 6 heteroatoms. The van der Waals surface area contributed by atoms with Gasteiger partial charge in [-0.25, -0.2) is 0 Å². The molecule has 0 spiro atoms. The van der Waals surface area contributed by atoms with Crippen molar-refractivity contribution >= 4 is 20.3 Å². The fourth-order valence-corrected chi connectivity index (χ4v) is 7.74. The summed E-state index contributed by atoms with van der Waals surface area (Å²) in [5.41, 5.74) is 0. The van der Waals surface area contributed by atoms with Crippen LogP contribution in [0.25, 0.3) is 0 Å². The van der Waals surface area contributed by atoms with E-state index in [1.807, 2.05) is 0 Å². The molecule has 110 valence electrons. The molecular formula is C13H25NO3SSi. The molecule has 2 atom stereocenters. The number of ether oxygens (including phenoxy) is 1. The topological polar surface area (TPSA) is 51.5 Å². The molecule has 1 heterocycles. The van der Waals surface area contributed by atoms with E-state index in [1.54, 1.807) is 21.3 Å². The number of methoxy groups -OCH3 is 1. The van der Waals surface area contributed by atoms with E-state index in [-0.39, 0.29) is 5.22 Å². The molecule has 0 aliphatic carbocycles. The van der Waals surface area contributed by atoms with Crippen molar-refractivity contribution < 1.29 is 13.6 Å². The van der Waals surface area contributed by atoms with Crippen LogP contribution in [0.1, 0.15) is 32.6 Å². The number of thioether (sulfide) groups is 1. The highest BCUT2D eigenvalue weighted by molar-refractivity contribution is 8.03. The third-order valence-electron chi connectivity index (χ3n) is 4.19. The summed E-state index contributed by atoms with van der Waals surface area (Å²) >= 11 is 1.31. The fraction of sp³-hybridized carbons (Fsp3) is 0.923. The maximum Gasteiger partial charge on any atom is 0.370 e. The molecule has 1 saturated heterocycles. The van der Waals surface area contributed by atoms with Gasteiger partial charge in [-0.05, 0) is 36.6 Å². The summed E-state index contributed by atoms with van der Waals surface area (Å²) in [5.74, 6) is 1.25. The van der Waals surface area contributed by atoms with E-state index >= 15 is 0 Å². The molecule has 0 N–H and O–H groups in total. The highest BCUT2D eigenvalue weighted by Crippen LogP contribution is 2.43. The van der Waals surface area contributed by atoms with Crippen LogP contribution in [0.4, 0.5) is 0 Å². The van der Waals surface area contributed by atoms with Crippen LogP contribution in [0.3, 0.4) is 0 Å². The van der Waals surface area contributed by atoms with E-state index in [4.69, 9.17) is 18.9 Å². The van der Waals surface area contributed by atoms with E-state index < -0.39 is 8.56 Å². The molecule has 0 aromatic carbocycles. The summed E-state index contributed by atoms with van der Waals surface area (Å²) < 4.78 is 17.7. The monoisotopic (exact) mass is 303 g/mol. The molecule has 19 heavy (non-hydrogen) atoms. The van der Waals surface area contributed by atoms with Gasteiger partial charge < -0.3 is 13.6 Å². The van der Waals surface area contributed by atoms with Crippen molar-refractivity contribution in [3.63, 3.8) is 0 Å². The number of nitrogens with zero attached hydrogens (tertiary/aromatic N) is 1. The van der Waals surface area contributed by atoms with Gasteiger partial charge in [0.2, 0.25) is 0 Å². The van der Waals surface area contributed by atoms with Crippen LogP contribution in [-0.4, -0.2) is 40.9 Å². The van der Waals surface area contributed by atoms with Crippen LogP contribution >= 0.6 is 11.8 Å². The first-order valence-corrected chi connectivity index (χ1v) is 9.77. The standard InChI is InChI=1S/C13H25NO3SSi/c1-12(10-18-11-14)9-13(15-2)7-5-6-8-19(13,16-3)17-4/h12H,5-10H2,1-4H3. The predicted octanol–water partition coefficient (Wildman–Crippen LogP) is 3.07. The van der Waals surface area contributed by atoms with Gasteiger partial charge in [-0.2, -0.15) is 5.26 Å². The van der Waals surface area contributed by atoms with Crippen LogP contribution in [0.2, 0.25) is 6.04 Å². The second kappa shape index (κ2) is 7.65. The van der Waals surface area contributed by atoms with Gasteiger partial charge >= 0.3 is 8.56 Å². The van der Waals surface area contributed by atoms with Crippen LogP contribution in [0.15, 0.2) is 0 Å². The van der Waals surface area contributed by atoms with Gasteiger partial charge in [-0.1, -0.05) is 19.8 Å². The maximum absolute atomic E-state index is 8.68. The SMILES string of the molecule is COC1(CC(C)CSC#N)CCCC[Si]1(OC)OC. The summed E-state index contributed by atoms with van der Waals surface area (Å²) in [4.78, 5) is 0. The summed E-state index contributed by atoms with van der Waals surface area (Å²) in [7, 11) is 2.95. The number of hydrogen-bond acceptors (Lipinski definition) is 5. The Hall–Kier alpha value is -0.0631. The second-order valence-electron chi connectivity index (χ2n) is 5.28. The third kappa shape index (κ3) is 3.53. The zero-order valence-corrected chi connectivity index (χ0v) is 14.2. The highest BCUT2D eigenvalue weighted by Gasteiger charge is 2.59. The van der Waals surface area contributed by atoms with Gasteiger partial charge in [0.25, 0.3) is 0 Å². The summed E-state index contributed by atoms with van der Waals surface area (Å²) in [5, 5.41) is 10.5. The van der Waals surface area contributed by atoms with Crippen LogP contribution in [0.5, 0.6) is 0 Å². The Morgan fingerprint density at radius 3 is 2.53 bits per heavy atom. The van der Waals surface area contributed by atoms with Crippen molar-refractivity contribution in [3.05, 3.63) is 0 Å². The lowest BCUT2D eigenvalue weighted by molar-refractivity contribution is -0.0218. The average molecular weight is 304 g/mol. The van der Waals surface area contributed by atoms with E-state index in [0.717, 1.165) is 37.5 Å². The maximum atomic E-state index is 8.68. The highest BCUT2D eigenvalue weighted by atomic mass is 32.2. The lowest BCUT2D eigenvalue weighted by Gasteiger charge is -2.48.